The summed E-state index contributed by atoms with van der Waals surface area (Å²) in [5.74, 6) is -0.703. The third-order valence-corrected chi connectivity index (χ3v) is 5.68. The van der Waals surface area contributed by atoms with E-state index in [1.165, 1.54) is 12.1 Å². The van der Waals surface area contributed by atoms with Gasteiger partial charge in [0.25, 0.3) is 0 Å². The summed E-state index contributed by atoms with van der Waals surface area (Å²) in [5, 5.41) is 0. The van der Waals surface area contributed by atoms with Crippen molar-refractivity contribution in [3.8, 4) is 0 Å². The van der Waals surface area contributed by atoms with Gasteiger partial charge in [0.05, 0.1) is 18.6 Å². The molecule has 0 spiro atoms. The number of benzene rings is 2. The molecule has 2 aromatic carbocycles. The van der Waals surface area contributed by atoms with E-state index in [4.69, 9.17) is 33.7 Å². The molecule has 34 heavy (non-hydrogen) atoms. The number of nitrogens with two attached hydrogens (primary N) is 1. The van der Waals surface area contributed by atoms with Crippen LogP contribution in [0.15, 0.2) is 48.5 Å². The first kappa shape index (κ1) is 30.2. The minimum absolute atomic E-state index is 0. The fourth-order valence-corrected chi connectivity index (χ4v) is 3.99. The Labute approximate surface area is 217 Å². The quantitative estimate of drug-likeness (QED) is 0.279. The second-order valence-corrected chi connectivity index (χ2v) is 8.55. The van der Waals surface area contributed by atoms with Crippen molar-refractivity contribution in [2.24, 2.45) is 11.7 Å². The Morgan fingerprint density at radius 1 is 0.971 bits per heavy atom. The minimum atomic E-state index is -0.747. The van der Waals surface area contributed by atoms with E-state index in [9.17, 15) is 14.0 Å². The molecule has 2 N–H and O–H groups in total. The van der Waals surface area contributed by atoms with E-state index in [1.807, 2.05) is 24.3 Å². The van der Waals surface area contributed by atoms with E-state index in [2.05, 4.69) is 4.90 Å². The number of nitrogens with zero attached hydrogens (tertiary/aromatic N) is 1. The van der Waals surface area contributed by atoms with E-state index in [-0.39, 0.29) is 43.5 Å². The fourth-order valence-electron chi connectivity index (χ4n) is 3.58. The van der Waals surface area contributed by atoms with Crippen molar-refractivity contribution in [3.05, 3.63) is 65.5 Å². The molecule has 0 aliphatic rings. The number of hydrogen-bond acceptors (Lipinski definition) is 5. The smallest absolute Gasteiger partial charge is 0.309 e. The molecule has 0 fully saturated rings. The first-order valence-corrected chi connectivity index (χ1v) is 12.1. The number of alkyl halides is 2. The number of ether oxygens (including phenoxy) is 1. The number of rotatable bonds is 14. The second-order valence-electron chi connectivity index (χ2n) is 7.79. The first-order chi connectivity index (χ1) is 15.9. The average molecular weight is 534 g/mol. The maximum absolute atomic E-state index is 13.2. The number of ketones is 1. The second kappa shape index (κ2) is 15.9. The normalized spacial score (nSPS) is 12.4. The molecule has 9 heteroatoms. The highest BCUT2D eigenvalue weighted by molar-refractivity contribution is 6.18. The van der Waals surface area contributed by atoms with Crippen LogP contribution in [0.25, 0.3) is 0 Å². The van der Waals surface area contributed by atoms with Gasteiger partial charge in [0.15, 0.2) is 5.78 Å². The van der Waals surface area contributed by atoms with Crippen LogP contribution in [0.5, 0.6) is 0 Å². The van der Waals surface area contributed by atoms with Gasteiger partial charge in [0.1, 0.15) is 5.82 Å². The van der Waals surface area contributed by atoms with Crippen LogP contribution in [0.3, 0.4) is 0 Å². The lowest BCUT2D eigenvalue weighted by Crippen LogP contribution is -2.36. The van der Waals surface area contributed by atoms with Gasteiger partial charge in [-0.2, -0.15) is 0 Å². The molecule has 5 nitrogen and oxygen atoms in total. The van der Waals surface area contributed by atoms with Crippen molar-refractivity contribution in [2.75, 3.05) is 36.4 Å². The van der Waals surface area contributed by atoms with Gasteiger partial charge in [-0.25, -0.2) is 4.39 Å². The number of hydrogen-bond donors (Lipinski definition) is 1. The van der Waals surface area contributed by atoms with Crippen LogP contribution in [0.2, 0.25) is 0 Å². The molecule has 0 aliphatic heterocycles. The summed E-state index contributed by atoms with van der Waals surface area (Å²) in [4.78, 5) is 27.3. The van der Waals surface area contributed by atoms with Gasteiger partial charge in [0.2, 0.25) is 0 Å². The van der Waals surface area contributed by atoms with Gasteiger partial charge < -0.3 is 15.4 Å². The van der Waals surface area contributed by atoms with Crippen molar-refractivity contribution in [2.45, 2.75) is 32.2 Å². The molecule has 0 aliphatic carbocycles. The zero-order valence-corrected chi connectivity index (χ0v) is 21.6. The lowest BCUT2D eigenvalue weighted by molar-refractivity contribution is -0.149. The van der Waals surface area contributed by atoms with Gasteiger partial charge in [-0.1, -0.05) is 24.3 Å². The zero-order chi connectivity index (χ0) is 24.2. The minimum Gasteiger partial charge on any atom is -0.466 e. The lowest BCUT2D eigenvalue weighted by Gasteiger charge is -2.23. The molecule has 0 heterocycles. The van der Waals surface area contributed by atoms with Crippen LogP contribution in [0, 0.1) is 11.7 Å². The number of esters is 1. The maximum Gasteiger partial charge on any atom is 0.309 e. The van der Waals surface area contributed by atoms with Crippen molar-refractivity contribution < 1.29 is 18.7 Å². The van der Waals surface area contributed by atoms with Crippen LogP contribution in [-0.4, -0.2) is 49.3 Å². The Morgan fingerprint density at radius 2 is 1.50 bits per heavy atom. The van der Waals surface area contributed by atoms with Crippen molar-refractivity contribution in [1.29, 1.82) is 0 Å². The fraction of sp³-hybridized carbons (Fsp3) is 0.440. The molecular formula is C25H32Cl3FN2O3. The third kappa shape index (κ3) is 9.79. The topological polar surface area (TPSA) is 72.6 Å². The van der Waals surface area contributed by atoms with E-state index in [0.29, 0.717) is 31.3 Å². The van der Waals surface area contributed by atoms with Crippen LogP contribution in [0.4, 0.5) is 10.1 Å². The highest BCUT2D eigenvalue weighted by Gasteiger charge is 2.26. The number of anilines is 1. The predicted octanol–water partition coefficient (Wildman–Crippen LogP) is 4.78. The molecular weight excluding hydrogens is 502 g/mol. The van der Waals surface area contributed by atoms with Gasteiger partial charge in [0, 0.05) is 37.0 Å². The number of Topliss-reactive ketones (excluding diaryl/α,β-unsaturated/α-hetero) is 1. The highest BCUT2D eigenvalue weighted by atomic mass is 35.5. The molecule has 0 aromatic heterocycles. The van der Waals surface area contributed by atoms with Crippen molar-refractivity contribution in [3.63, 3.8) is 0 Å². The summed E-state index contributed by atoms with van der Waals surface area (Å²) in [6.45, 7) is 3.31. The largest absolute Gasteiger partial charge is 0.466 e. The van der Waals surface area contributed by atoms with Crippen LogP contribution >= 0.6 is 35.6 Å². The summed E-state index contributed by atoms with van der Waals surface area (Å²) in [7, 11) is 0. The first-order valence-electron chi connectivity index (χ1n) is 11.0. The molecule has 0 saturated heterocycles. The number of halogens is 4. The molecule has 2 rings (SSSR count). The summed E-state index contributed by atoms with van der Waals surface area (Å²) in [6.07, 6.45) is 0.605. The van der Waals surface area contributed by atoms with E-state index in [0.717, 1.165) is 16.8 Å². The van der Waals surface area contributed by atoms with Gasteiger partial charge in [-0.3, -0.25) is 9.59 Å². The van der Waals surface area contributed by atoms with Crippen LogP contribution in [0.1, 0.15) is 24.5 Å². The summed E-state index contributed by atoms with van der Waals surface area (Å²) in [6, 6.07) is 12.9. The molecule has 0 saturated carbocycles. The molecule has 2 aromatic rings. The SMILES string of the molecule is CCOC(=O)[C@@H](CC(=O)[C@@H](N)Cc1ccc(N(CCCl)CCCl)cc1)Cc1ccc(F)cc1.Cl. The molecule has 0 amide bonds. The number of carbonyl (C=O) groups excluding carboxylic acids is 2. The lowest BCUT2D eigenvalue weighted by atomic mass is 9.90. The van der Waals surface area contributed by atoms with Crippen molar-refractivity contribution >= 4 is 53.0 Å². The summed E-state index contributed by atoms with van der Waals surface area (Å²) < 4.78 is 18.3. The van der Waals surface area contributed by atoms with Gasteiger partial charge in [-0.05, 0) is 55.2 Å². The average Bonchev–Trinajstić information content (AvgIpc) is 2.80. The Bertz CT molecular complexity index is 876. The molecule has 0 unspecified atom stereocenters. The Kier molecular flexibility index (Phi) is 14.1. The Morgan fingerprint density at radius 3 is 2.03 bits per heavy atom. The van der Waals surface area contributed by atoms with Crippen LogP contribution in [-0.2, 0) is 27.2 Å². The van der Waals surface area contributed by atoms with Crippen LogP contribution < -0.4 is 10.6 Å². The molecule has 0 bridgehead atoms. The van der Waals surface area contributed by atoms with Gasteiger partial charge >= 0.3 is 5.97 Å². The Balaban J connectivity index is 0.00000578. The predicted molar refractivity (Wildman–Crippen MR) is 139 cm³/mol. The summed E-state index contributed by atoms with van der Waals surface area (Å²) >= 11 is 11.7. The Hall–Kier alpha value is -1.86. The molecule has 188 valence electrons. The summed E-state index contributed by atoms with van der Waals surface area (Å²) in [5.41, 5.74) is 8.86. The molecule has 0 radical (unpaired) electrons. The molecule has 2 atom stereocenters. The standard InChI is InChI=1S/C25H31Cl2FN2O3.ClH/c1-2-33-25(32)20(15-18-3-7-21(28)8-4-18)17-24(31)23(29)16-19-5-9-22(10-6-19)30(13-11-26)14-12-27;/h3-10,20,23H,2,11-17,29H2,1H3;1H/t20-,23+;/m1./s1. The van der Waals surface area contributed by atoms with Crippen molar-refractivity contribution in [1.82, 2.24) is 0 Å². The van der Waals surface area contributed by atoms with E-state index in [1.54, 1.807) is 19.1 Å². The number of carbonyl (C=O) groups is 2. The van der Waals surface area contributed by atoms with E-state index < -0.39 is 17.9 Å². The maximum atomic E-state index is 13.2. The van der Waals surface area contributed by atoms with Gasteiger partial charge in [-0.15, -0.1) is 35.6 Å². The zero-order valence-electron chi connectivity index (χ0n) is 19.2. The monoisotopic (exact) mass is 532 g/mol. The van der Waals surface area contributed by atoms with E-state index >= 15 is 0 Å². The highest BCUT2D eigenvalue weighted by Crippen LogP contribution is 2.19. The third-order valence-electron chi connectivity index (χ3n) is 5.34.